The molecule has 0 saturated heterocycles. The van der Waals surface area contributed by atoms with Gasteiger partial charge in [-0.3, -0.25) is 4.99 Å². The minimum absolute atomic E-state index is 0.270. The Hall–Kier alpha value is -2.47. The summed E-state index contributed by atoms with van der Waals surface area (Å²) in [6.07, 6.45) is 7.28. The fourth-order valence-corrected chi connectivity index (χ4v) is 3.57. The molecule has 1 saturated carbocycles. The Bertz CT molecular complexity index is 861. The van der Waals surface area contributed by atoms with Crippen LogP contribution < -0.4 is 11.1 Å². The summed E-state index contributed by atoms with van der Waals surface area (Å²) in [5.74, 6) is 1.05. The third-order valence-electron chi connectivity index (χ3n) is 5.13. The Morgan fingerprint density at radius 1 is 1.24 bits per heavy atom. The number of aliphatic hydroxyl groups is 1. The van der Waals surface area contributed by atoms with Gasteiger partial charge >= 0.3 is 0 Å². The van der Waals surface area contributed by atoms with Gasteiger partial charge in [0, 0.05) is 17.6 Å². The highest BCUT2D eigenvalue weighted by atomic mass is 16.3. The van der Waals surface area contributed by atoms with E-state index in [2.05, 4.69) is 26.3 Å². The minimum Gasteiger partial charge on any atom is -0.390 e. The monoisotopic (exact) mass is 337 g/mol. The van der Waals surface area contributed by atoms with Gasteiger partial charge in [0.25, 0.3) is 0 Å². The van der Waals surface area contributed by atoms with Gasteiger partial charge in [-0.2, -0.15) is 4.98 Å². The van der Waals surface area contributed by atoms with Crippen molar-refractivity contribution >= 4 is 34.5 Å². The Balaban J connectivity index is 1.62. The van der Waals surface area contributed by atoms with Crippen molar-refractivity contribution < 1.29 is 5.11 Å². The number of hydrogen-bond acceptors (Lipinski definition) is 6. The molecular formula is C19H23N5O. The third kappa shape index (κ3) is 3.35. The van der Waals surface area contributed by atoms with Crippen LogP contribution in [0.1, 0.15) is 38.2 Å². The first-order valence-corrected chi connectivity index (χ1v) is 8.76. The molecule has 1 aromatic carbocycles. The zero-order chi connectivity index (χ0) is 17.4. The van der Waals surface area contributed by atoms with Gasteiger partial charge < -0.3 is 16.2 Å². The van der Waals surface area contributed by atoms with Crippen LogP contribution in [-0.4, -0.2) is 39.5 Å². The number of benzene rings is 1. The lowest BCUT2D eigenvalue weighted by Crippen LogP contribution is -2.36. The number of nitrogens with two attached hydrogens (primary N) is 1. The number of fused-ring (bicyclic) bond motifs is 1. The maximum Gasteiger partial charge on any atom is 0.222 e. The molecule has 0 atom stereocenters. The summed E-state index contributed by atoms with van der Waals surface area (Å²) in [7, 11) is 0. The van der Waals surface area contributed by atoms with Gasteiger partial charge in [0.1, 0.15) is 5.82 Å². The molecule has 0 amide bonds. The smallest absolute Gasteiger partial charge is 0.222 e. The van der Waals surface area contributed by atoms with Gasteiger partial charge in [0.05, 0.1) is 17.7 Å². The molecule has 2 aromatic rings. The molecule has 0 bridgehead atoms. The van der Waals surface area contributed by atoms with Crippen molar-refractivity contribution in [3.8, 4) is 0 Å². The normalized spacial score (nSPS) is 26.0. The number of nitrogens with one attached hydrogen (secondary N) is 1. The molecule has 25 heavy (non-hydrogen) atoms. The first kappa shape index (κ1) is 16.0. The molecule has 1 fully saturated rings. The van der Waals surface area contributed by atoms with Gasteiger partial charge in [-0.15, -0.1) is 0 Å². The molecule has 2 heterocycles. The van der Waals surface area contributed by atoms with Gasteiger partial charge in [-0.05, 0) is 62.0 Å². The van der Waals surface area contributed by atoms with Crippen LogP contribution in [0.25, 0.3) is 16.5 Å². The summed E-state index contributed by atoms with van der Waals surface area (Å²) in [6.45, 7) is 2.61. The maximum atomic E-state index is 10.1. The van der Waals surface area contributed by atoms with E-state index in [-0.39, 0.29) is 5.95 Å². The van der Waals surface area contributed by atoms with Gasteiger partial charge in [-0.25, -0.2) is 4.98 Å². The molecule has 4 N–H and O–H groups in total. The second kappa shape index (κ2) is 6.11. The van der Waals surface area contributed by atoms with Crippen molar-refractivity contribution in [1.29, 1.82) is 0 Å². The van der Waals surface area contributed by atoms with E-state index in [4.69, 9.17) is 5.73 Å². The maximum absolute atomic E-state index is 10.1. The number of rotatable bonds is 3. The summed E-state index contributed by atoms with van der Waals surface area (Å²) >= 11 is 0. The second-order valence-electron chi connectivity index (χ2n) is 7.26. The fourth-order valence-electron chi connectivity index (χ4n) is 3.57. The molecule has 4 rings (SSSR count). The average molecular weight is 337 g/mol. The van der Waals surface area contributed by atoms with Crippen LogP contribution in [-0.2, 0) is 0 Å². The number of aromatic nitrogens is 2. The van der Waals surface area contributed by atoms with Crippen molar-refractivity contribution in [1.82, 2.24) is 9.97 Å². The zero-order valence-corrected chi connectivity index (χ0v) is 14.4. The second-order valence-corrected chi connectivity index (χ2v) is 7.26. The molecular weight excluding hydrogens is 314 g/mol. The highest BCUT2D eigenvalue weighted by Crippen LogP contribution is 2.31. The summed E-state index contributed by atoms with van der Waals surface area (Å²) in [6, 6.07) is 6.47. The third-order valence-corrected chi connectivity index (χ3v) is 5.13. The van der Waals surface area contributed by atoms with Crippen molar-refractivity contribution in [3.63, 3.8) is 0 Å². The van der Waals surface area contributed by atoms with Gasteiger partial charge in [-0.1, -0.05) is 6.07 Å². The van der Waals surface area contributed by atoms with E-state index in [1.54, 1.807) is 0 Å². The average Bonchev–Trinajstić information content (AvgIpc) is 3.10. The molecule has 1 aromatic heterocycles. The molecule has 130 valence electrons. The first-order valence-electron chi connectivity index (χ1n) is 8.76. The Kier molecular flexibility index (Phi) is 3.92. The van der Waals surface area contributed by atoms with Crippen molar-refractivity contribution in [2.45, 2.75) is 44.2 Å². The lowest BCUT2D eigenvalue weighted by atomic mass is 9.83. The van der Waals surface area contributed by atoms with E-state index in [9.17, 15) is 5.11 Å². The minimum atomic E-state index is -0.545. The van der Waals surface area contributed by atoms with Crippen LogP contribution in [0.15, 0.2) is 29.3 Å². The van der Waals surface area contributed by atoms with Crippen molar-refractivity contribution in [2.24, 2.45) is 4.99 Å². The number of nitrogens with zero attached hydrogens (tertiary/aromatic N) is 3. The van der Waals surface area contributed by atoms with Crippen LogP contribution in [0.3, 0.4) is 0 Å². The SMILES string of the molecule is CC1(O)CCC(Nc2nc(N)nc3cc(C4=CC=NC4)ccc23)CC1. The predicted octanol–water partition coefficient (Wildman–Crippen LogP) is 2.79. The highest BCUT2D eigenvalue weighted by molar-refractivity contribution is 5.95. The van der Waals surface area contributed by atoms with Crippen LogP contribution in [0, 0.1) is 0 Å². The largest absolute Gasteiger partial charge is 0.390 e. The predicted molar refractivity (Wildman–Crippen MR) is 102 cm³/mol. The van der Waals surface area contributed by atoms with Crippen molar-refractivity contribution in [3.05, 3.63) is 29.8 Å². The van der Waals surface area contributed by atoms with E-state index in [1.165, 1.54) is 5.57 Å². The number of hydrogen-bond donors (Lipinski definition) is 3. The first-order chi connectivity index (χ1) is 12.0. The Morgan fingerprint density at radius 3 is 2.76 bits per heavy atom. The molecule has 1 aliphatic carbocycles. The molecule has 2 aliphatic rings. The lowest BCUT2D eigenvalue weighted by Gasteiger charge is -2.33. The van der Waals surface area contributed by atoms with E-state index in [0.717, 1.165) is 48.0 Å². The molecule has 6 heteroatoms. The Labute approximate surface area is 146 Å². The summed E-state index contributed by atoms with van der Waals surface area (Å²) < 4.78 is 0. The van der Waals surface area contributed by atoms with E-state index >= 15 is 0 Å². The van der Waals surface area contributed by atoms with Crippen LogP contribution >= 0.6 is 0 Å². The molecule has 0 radical (unpaired) electrons. The number of nitrogen functional groups attached to an aromatic ring is 1. The molecule has 1 aliphatic heterocycles. The number of allylic oxidation sites excluding steroid dienone is 1. The Morgan fingerprint density at radius 2 is 2.04 bits per heavy atom. The molecule has 6 nitrogen and oxygen atoms in total. The topological polar surface area (TPSA) is 96.4 Å². The number of anilines is 2. The standard InChI is InChI=1S/C19H23N5O/c1-19(25)7-4-14(5-8-19)22-17-15-3-2-12(13-6-9-21-11-13)10-16(15)23-18(20)24-17/h2-3,6,9-10,14,25H,4-5,7-8,11H2,1H3,(H3,20,22,23,24). The summed E-state index contributed by atoms with van der Waals surface area (Å²) in [5.41, 5.74) is 8.52. The van der Waals surface area contributed by atoms with Crippen LogP contribution in [0.2, 0.25) is 0 Å². The van der Waals surface area contributed by atoms with Crippen LogP contribution in [0.4, 0.5) is 11.8 Å². The highest BCUT2D eigenvalue weighted by Gasteiger charge is 2.29. The fraction of sp³-hybridized carbons (Fsp3) is 0.421. The molecule has 0 unspecified atom stereocenters. The van der Waals surface area contributed by atoms with E-state index in [1.807, 2.05) is 31.3 Å². The van der Waals surface area contributed by atoms with Crippen LogP contribution in [0.5, 0.6) is 0 Å². The lowest BCUT2D eigenvalue weighted by molar-refractivity contribution is 0.0196. The number of aliphatic imine (C=N–C) groups is 1. The van der Waals surface area contributed by atoms with E-state index in [0.29, 0.717) is 12.6 Å². The van der Waals surface area contributed by atoms with Gasteiger partial charge in [0.2, 0.25) is 5.95 Å². The van der Waals surface area contributed by atoms with Crippen molar-refractivity contribution in [2.75, 3.05) is 17.6 Å². The summed E-state index contributed by atoms with van der Waals surface area (Å²) in [5, 5.41) is 14.6. The quantitative estimate of drug-likeness (QED) is 0.800. The van der Waals surface area contributed by atoms with Gasteiger partial charge in [0.15, 0.2) is 0 Å². The molecule has 0 spiro atoms. The van der Waals surface area contributed by atoms with E-state index < -0.39 is 5.60 Å². The zero-order valence-electron chi connectivity index (χ0n) is 14.4. The summed E-state index contributed by atoms with van der Waals surface area (Å²) in [4.78, 5) is 13.1.